The van der Waals surface area contributed by atoms with Gasteiger partial charge in [0.1, 0.15) is 5.56 Å². The Morgan fingerprint density at radius 2 is 1.92 bits per heavy atom. The molecule has 26 heavy (non-hydrogen) atoms. The zero-order valence-corrected chi connectivity index (χ0v) is 14.5. The van der Waals surface area contributed by atoms with Crippen LogP contribution in [0.3, 0.4) is 0 Å². The van der Waals surface area contributed by atoms with Crippen LogP contribution >= 0.6 is 11.6 Å². The standard InChI is InChI=1S/C19H15ClN2O4/c1-2-26-19(25)15-10-21-16-8-5-12(20)9-14(16)17(15)22-13-6-3-11(4-7-13)18(23)24/h3-10H,2H2,1H3,(H,21,22)(H,23,24)/p-1. The Bertz CT molecular complexity index is 987. The highest BCUT2D eigenvalue weighted by atomic mass is 35.5. The summed E-state index contributed by atoms with van der Waals surface area (Å²) in [5.74, 6) is -1.78. The van der Waals surface area contributed by atoms with Crippen molar-refractivity contribution in [2.45, 2.75) is 6.92 Å². The van der Waals surface area contributed by atoms with E-state index in [4.69, 9.17) is 16.3 Å². The number of hydrogen-bond donors (Lipinski definition) is 1. The average molecular weight is 370 g/mol. The molecule has 0 bridgehead atoms. The Kier molecular flexibility index (Phi) is 5.04. The number of anilines is 2. The third-order valence-electron chi connectivity index (χ3n) is 3.72. The predicted molar refractivity (Wildman–Crippen MR) is 96.8 cm³/mol. The van der Waals surface area contributed by atoms with Gasteiger partial charge in [0.15, 0.2) is 0 Å². The fraction of sp³-hybridized carbons (Fsp3) is 0.105. The van der Waals surface area contributed by atoms with E-state index in [1.54, 1.807) is 37.3 Å². The van der Waals surface area contributed by atoms with Crippen molar-refractivity contribution in [1.82, 2.24) is 4.98 Å². The zero-order valence-electron chi connectivity index (χ0n) is 13.8. The maximum Gasteiger partial charge on any atom is 0.341 e. The lowest BCUT2D eigenvalue weighted by Crippen LogP contribution is -2.21. The van der Waals surface area contributed by atoms with Crippen molar-refractivity contribution in [1.29, 1.82) is 0 Å². The van der Waals surface area contributed by atoms with Crippen LogP contribution in [0, 0.1) is 0 Å². The number of aromatic nitrogens is 1. The number of carbonyl (C=O) groups excluding carboxylic acids is 2. The third kappa shape index (κ3) is 3.60. The number of esters is 1. The highest BCUT2D eigenvalue weighted by Crippen LogP contribution is 2.31. The van der Waals surface area contributed by atoms with Gasteiger partial charge in [-0.25, -0.2) is 4.79 Å². The molecule has 0 aliphatic heterocycles. The number of carboxylic acids is 1. The van der Waals surface area contributed by atoms with Crippen LogP contribution < -0.4 is 10.4 Å². The predicted octanol–water partition coefficient (Wildman–Crippen LogP) is 3.17. The molecule has 6 nitrogen and oxygen atoms in total. The Labute approximate surface area is 154 Å². The van der Waals surface area contributed by atoms with Crippen molar-refractivity contribution in [3.8, 4) is 0 Å². The van der Waals surface area contributed by atoms with E-state index in [1.165, 1.54) is 18.3 Å². The molecule has 0 saturated carbocycles. The van der Waals surface area contributed by atoms with E-state index in [-0.39, 0.29) is 17.7 Å². The van der Waals surface area contributed by atoms with Crippen LogP contribution in [0.15, 0.2) is 48.7 Å². The van der Waals surface area contributed by atoms with Gasteiger partial charge in [-0.2, -0.15) is 0 Å². The molecule has 0 unspecified atom stereocenters. The first-order valence-corrected chi connectivity index (χ1v) is 8.21. The lowest BCUT2D eigenvalue weighted by atomic mass is 10.1. The van der Waals surface area contributed by atoms with Gasteiger partial charge in [0.25, 0.3) is 0 Å². The first-order valence-electron chi connectivity index (χ1n) is 7.83. The fourth-order valence-electron chi connectivity index (χ4n) is 2.50. The number of halogens is 1. The number of pyridine rings is 1. The summed E-state index contributed by atoms with van der Waals surface area (Å²) in [6.07, 6.45) is 1.44. The summed E-state index contributed by atoms with van der Waals surface area (Å²) in [5, 5.41) is 15.2. The number of nitrogens with zero attached hydrogens (tertiary/aromatic N) is 1. The maximum atomic E-state index is 12.3. The lowest BCUT2D eigenvalue weighted by molar-refractivity contribution is -0.255. The van der Waals surface area contributed by atoms with Crippen molar-refractivity contribution < 1.29 is 19.4 Å². The quantitative estimate of drug-likeness (QED) is 0.694. The minimum absolute atomic E-state index is 0.0591. The highest BCUT2D eigenvalue weighted by molar-refractivity contribution is 6.31. The molecular weight excluding hydrogens is 356 g/mol. The smallest absolute Gasteiger partial charge is 0.341 e. The Morgan fingerprint density at radius 3 is 2.58 bits per heavy atom. The summed E-state index contributed by atoms with van der Waals surface area (Å²) in [4.78, 5) is 27.5. The van der Waals surface area contributed by atoms with E-state index in [1.807, 2.05) is 0 Å². The number of hydrogen-bond acceptors (Lipinski definition) is 6. The van der Waals surface area contributed by atoms with Crippen molar-refractivity contribution in [2.24, 2.45) is 0 Å². The van der Waals surface area contributed by atoms with E-state index < -0.39 is 11.9 Å². The SMILES string of the molecule is CCOC(=O)c1cnc2ccc(Cl)cc2c1Nc1ccc(C(=O)[O-])cc1. The number of carbonyl (C=O) groups is 2. The van der Waals surface area contributed by atoms with Gasteiger partial charge < -0.3 is 20.0 Å². The molecular formula is C19H14ClN2O4-. The molecule has 0 spiro atoms. The Morgan fingerprint density at radius 1 is 1.19 bits per heavy atom. The molecule has 2 aromatic carbocycles. The van der Waals surface area contributed by atoms with Crippen LogP contribution in [-0.2, 0) is 4.74 Å². The van der Waals surface area contributed by atoms with Crippen LogP contribution in [0.1, 0.15) is 27.6 Å². The summed E-state index contributed by atoms with van der Waals surface area (Å²) in [6.45, 7) is 1.95. The van der Waals surface area contributed by atoms with Crippen molar-refractivity contribution in [2.75, 3.05) is 11.9 Å². The molecule has 7 heteroatoms. The number of carboxylic acid groups (broad SMARTS) is 1. The summed E-state index contributed by atoms with van der Waals surface area (Å²) in [6, 6.07) is 11.1. The number of aromatic carboxylic acids is 1. The second-order valence-electron chi connectivity index (χ2n) is 5.42. The maximum absolute atomic E-state index is 12.3. The molecule has 1 aromatic heterocycles. The second kappa shape index (κ2) is 7.41. The van der Waals surface area contributed by atoms with Gasteiger partial charge in [0.05, 0.1) is 23.8 Å². The molecule has 1 N–H and O–H groups in total. The number of nitrogens with one attached hydrogen (secondary N) is 1. The van der Waals surface area contributed by atoms with Gasteiger partial charge in [0, 0.05) is 22.3 Å². The van der Waals surface area contributed by atoms with Gasteiger partial charge in [0.2, 0.25) is 0 Å². The van der Waals surface area contributed by atoms with Crippen LogP contribution in [0.4, 0.5) is 11.4 Å². The van der Waals surface area contributed by atoms with Gasteiger partial charge in [-0.15, -0.1) is 0 Å². The first kappa shape index (κ1) is 17.7. The molecule has 0 aliphatic carbocycles. The first-order chi connectivity index (χ1) is 12.5. The summed E-state index contributed by atoms with van der Waals surface area (Å²) in [7, 11) is 0. The highest BCUT2D eigenvalue weighted by Gasteiger charge is 2.17. The lowest BCUT2D eigenvalue weighted by Gasteiger charge is -2.15. The number of ether oxygens (including phenoxy) is 1. The van der Waals surface area contributed by atoms with Gasteiger partial charge in [-0.1, -0.05) is 23.7 Å². The number of rotatable bonds is 5. The van der Waals surface area contributed by atoms with Crippen LogP contribution in [0.2, 0.25) is 5.02 Å². The minimum atomic E-state index is -1.26. The molecule has 3 rings (SSSR count). The van der Waals surface area contributed by atoms with E-state index in [0.29, 0.717) is 27.3 Å². The normalized spacial score (nSPS) is 10.5. The zero-order chi connectivity index (χ0) is 18.7. The summed E-state index contributed by atoms with van der Waals surface area (Å²) >= 11 is 6.10. The molecule has 0 atom stereocenters. The number of fused-ring (bicyclic) bond motifs is 1. The average Bonchev–Trinajstić information content (AvgIpc) is 2.62. The van der Waals surface area contributed by atoms with E-state index in [0.717, 1.165) is 0 Å². The molecule has 1 heterocycles. The third-order valence-corrected chi connectivity index (χ3v) is 3.95. The van der Waals surface area contributed by atoms with Crippen molar-refractivity contribution in [3.05, 3.63) is 64.8 Å². The molecule has 0 aliphatic rings. The number of benzene rings is 2. The van der Waals surface area contributed by atoms with E-state index in [9.17, 15) is 14.7 Å². The van der Waals surface area contributed by atoms with Crippen LogP contribution in [-0.4, -0.2) is 23.5 Å². The van der Waals surface area contributed by atoms with E-state index >= 15 is 0 Å². The van der Waals surface area contributed by atoms with Gasteiger partial charge >= 0.3 is 5.97 Å². The summed E-state index contributed by atoms with van der Waals surface area (Å²) in [5.41, 5.74) is 2.04. The van der Waals surface area contributed by atoms with Crippen molar-refractivity contribution in [3.63, 3.8) is 0 Å². The fourth-order valence-corrected chi connectivity index (χ4v) is 2.67. The largest absolute Gasteiger partial charge is 0.545 e. The molecule has 0 fully saturated rings. The van der Waals surface area contributed by atoms with Crippen LogP contribution in [0.5, 0.6) is 0 Å². The molecule has 132 valence electrons. The second-order valence-corrected chi connectivity index (χ2v) is 5.86. The Balaban J connectivity index is 2.11. The summed E-state index contributed by atoms with van der Waals surface area (Å²) < 4.78 is 5.10. The van der Waals surface area contributed by atoms with Gasteiger partial charge in [-0.3, -0.25) is 4.98 Å². The van der Waals surface area contributed by atoms with Crippen LogP contribution in [0.25, 0.3) is 10.9 Å². The minimum Gasteiger partial charge on any atom is -0.545 e. The van der Waals surface area contributed by atoms with E-state index in [2.05, 4.69) is 10.3 Å². The molecule has 0 saturated heterocycles. The Hall–Kier alpha value is -3.12. The molecule has 0 amide bonds. The molecule has 0 radical (unpaired) electrons. The topological polar surface area (TPSA) is 91.3 Å². The van der Waals surface area contributed by atoms with Crippen molar-refractivity contribution >= 4 is 45.8 Å². The van der Waals surface area contributed by atoms with Gasteiger partial charge in [-0.05, 0) is 42.8 Å². The monoisotopic (exact) mass is 369 g/mol. The molecule has 3 aromatic rings.